The molecule has 9 nitrogen and oxygen atoms in total. The average molecular weight is 541 g/mol. The lowest BCUT2D eigenvalue weighted by Gasteiger charge is -2.21. The first-order valence-corrected chi connectivity index (χ1v) is 12.7. The molecule has 0 saturated carbocycles. The van der Waals surface area contributed by atoms with Crippen LogP contribution in [0.25, 0.3) is 5.70 Å². The number of hydrazine groups is 2. The largest absolute Gasteiger partial charge is 0.416 e. The van der Waals surface area contributed by atoms with Crippen LogP contribution in [0.4, 0.5) is 24.5 Å². The van der Waals surface area contributed by atoms with Crippen LogP contribution in [0.2, 0.25) is 0 Å². The third-order valence-corrected chi connectivity index (χ3v) is 7.35. The summed E-state index contributed by atoms with van der Waals surface area (Å²) in [5, 5.41) is 8.63. The molecule has 2 aliphatic heterocycles. The Balaban J connectivity index is 1.40. The highest BCUT2D eigenvalue weighted by Crippen LogP contribution is 2.36. The maximum atomic E-state index is 13.9. The van der Waals surface area contributed by atoms with Crippen molar-refractivity contribution in [2.75, 3.05) is 23.4 Å². The molecule has 1 fully saturated rings. The van der Waals surface area contributed by atoms with Crippen molar-refractivity contribution in [3.05, 3.63) is 76.0 Å². The molecule has 39 heavy (non-hydrogen) atoms. The zero-order valence-corrected chi connectivity index (χ0v) is 22.3. The molecule has 2 aromatic heterocycles. The second kappa shape index (κ2) is 10.3. The van der Waals surface area contributed by atoms with Crippen LogP contribution in [0.15, 0.2) is 36.8 Å². The molecule has 0 aliphatic carbocycles. The van der Waals surface area contributed by atoms with E-state index in [0.29, 0.717) is 23.5 Å². The van der Waals surface area contributed by atoms with E-state index in [1.165, 1.54) is 13.1 Å². The maximum Gasteiger partial charge on any atom is 0.416 e. The van der Waals surface area contributed by atoms with Crippen molar-refractivity contribution >= 4 is 23.0 Å². The van der Waals surface area contributed by atoms with Crippen LogP contribution in [0, 0.1) is 20.8 Å². The highest BCUT2D eigenvalue weighted by Gasteiger charge is 2.34. The number of carbonyl (C=O) groups is 1. The van der Waals surface area contributed by atoms with Gasteiger partial charge in [0.05, 0.1) is 34.4 Å². The van der Waals surface area contributed by atoms with Gasteiger partial charge < -0.3 is 10.7 Å². The lowest BCUT2D eigenvalue weighted by Crippen LogP contribution is -2.36. The monoisotopic (exact) mass is 540 g/mol. The number of anilines is 2. The topological polar surface area (TPSA) is 90.4 Å². The van der Waals surface area contributed by atoms with Crippen LogP contribution < -0.4 is 21.3 Å². The molecule has 0 radical (unpaired) electrons. The van der Waals surface area contributed by atoms with Crippen molar-refractivity contribution in [3.8, 4) is 0 Å². The predicted molar refractivity (Wildman–Crippen MR) is 142 cm³/mol. The molecule has 1 amide bonds. The number of halogens is 3. The molecular weight excluding hydrogens is 509 g/mol. The zero-order chi connectivity index (χ0) is 27.9. The summed E-state index contributed by atoms with van der Waals surface area (Å²) >= 11 is 0. The Morgan fingerprint density at radius 3 is 2.51 bits per heavy atom. The normalized spacial score (nSPS) is 16.0. The fourth-order valence-electron chi connectivity index (χ4n) is 4.92. The minimum Gasteiger partial charge on any atom is -0.322 e. The van der Waals surface area contributed by atoms with Crippen LogP contribution in [-0.4, -0.2) is 38.7 Å². The molecule has 12 heteroatoms. The Morgan fingerprint density at radius 2 is 1.85 bits per heavy atom. The van der Waals surface area contributed by atoms with Gasteiger partial charge >= 0.3 is 6.18 Å². The predicted octanol–water partition coefficient (Wildman–Crippen LogP) is 4.44. The van der Waals surface area contributed by atoms with Gasteiger partial charge in [-0.05, 0) is 76.0 Å². The second-order valence-electron chi connectivity index (χ2n) is 9.99. The number of nitrogens with one attached hydrogen (secondary N) is 3. The number of likely N-dealkylation sites (tertiary alicyclic amines) is 1. The quantitative estimate of drug-likeness (QED) is 0.426. The molecule has 1 aromatic carbocycles. The van der Waals surface area contributed by atoms with Crippen LogP contribution in [0.5, 0.6) is 0 Å². The third kappa shape index (κ3) is 5.48. The molecule has 4 heterocycles. The van der Waals surface area contributed by atoms with Gasteiger partial charge in [0.2, 0.25) is 0 Å². The molecule has 3 N–H and O–H groups in total. The van der Waals surface area contributed by atoms with E-state index in [1.807, 2.05) is 20.2 Å². The fourth-order valence-corrected chi connectivity index (χ4v) is 4.92. The van der Waals surface area contributed by atoms with Gasteiger partial charge in [0.25, 0.3) is 5.91 Å². The summed E-state index contributed by atoms with van der Waals surface area (Å²) in [6.45, 7) is 7.36. The van der Waals surface area contributed by atoms with Gasteiger partial charge in [-0.3, -0.25) is 24.4 Å². The summed E-state index contributed by atoms with van der Waals surface area (Å²) in [5.41, 5.74) is 10.4. The number of alkyl halides is 3. The van der Waals surface area contributed by atoms with E-state index in [2.05, 4.69) is 31.3 Å². The number of amides is 1. The molecular formula is C27H31F3N8O. The number of hydrogen-bond donors (Lipinski definition) is 3. The molecule has 1 saturated heterocycles. The first-order valence-electron chi connectivity index (χ1n) is 12.7. The van der Waals surface area contributed by atoms with E-state index in [1.54, 1.807) is 34.9 Å². The van der Waals surface area contributed by atoms with Crippen molar-refractivity contribution in [2.45, 2.75) is 46.3 Å². The van der Waals surface area contributed by atoms with E-state index in [0.717, 1.165) is 49.0 Å². The molecule has 0 bridgehead atoms. The van der Waals surface area contributed by atoms with E-state index >= 15 is 0 Å². The maximum absolute atomic E-state index is 13.9. The highest BCUT2D eigenvalue weighted by atomic mass is 19.4. The summed E-state index contributed by atoms with van der Waals surface area (Å²) in [6.07, 6.45) is 2.53. The van der Waals surface area contributed by atoms with Gasteiger partial charge in [0.15, 0.2) is 0 Å². The van der Waals surface area contributed by atoms with Gasteiger partial charge in [0.1, 0.15) is 0 Å². The Kier molecular flexibility index (Phi) is 7.08. The summed E-state index contributed by atoms with van der Waals surface area (Å²) in [7, 11) is 1.86. The van der Waals surface area contributed by atoms with E-state index in [9.17, 15) is 18.0 Å². The fraction of sp³-hybridized carbons (Fsp3) is 0.370. The second-order valence-corrected chi connectivity index (χ2v) is 9.99. The number of nitrogens with zero attached hydrogens (tertiary/aromatic N) is 5. The number of pyridine rings is 1. The van der Waals surface area contributed by atoms with Crippen LogP contribution in [-0.2, 0) is 19.8 Å². The van der Waals surface area contributed by atoms with Crippen molar-refractivity contribution in [3.63, 3.8) is 0 Å². The lowest BCUT2D eigenvalue weighted by atomic mass is 10.00. The van der Waals surface area contributed by atoms with Crippen LogP contribution >= 0.6 is 0 Å². The van der Waals surface area contributed by atoms with E-state index in [4.69, 9.17) is 0 Å². The summed E-state index contributed by atoms with van der Waals surface area (Å²) in [6, 6.07) is 4.28. The molecule has 2 aliphatic rings. The Bertz CT molecular complexity index is 1440. The van der Waals surface area contributed by atoms with Gasteiger partial charge in [-0.25, -0.2) is 0 Å². The molecule has 3 aromatic rings. The molecule has 0 atom stereocenters. The number of hydrogen-bond acceptors (Lipinski definition) is 7. The number of carbonyl (C=O) groups excluding carboxylic acids is 1. The minimum atomic E-state index is -4.53. The highest BCUT2D eigenvalue weighted by molar-refractivity contribution is 6.04. The minimum absolute atomic E-state index is 0.101. The number of benzene rings is 1. The first-order chi connectivity index (χ1) is 18.5. The molecule has 0 spiro atoms. The Morgan fingerprint density at radius 1 is 1.10 bits per heavy atom. The first kappa shape index (κ1) is 26.7. The Hall–Kier alpha value is -3.90. The van der Waals surface area contributed by atoms with Gasteiger partial charge in [-0.1, -0.05) is 0 Å². The summed E-state index contributed by atoms with van der Waals surface area (Å²) in [5.74, 6) is -0.549. The van der Waals surface area contributed by atoms with Crippen molar-refractivity contribution in [1.29, 1.82) is 0 Å². The molecule has 206 valence electrons. The van der Waals surface area contributed by atoms with Crippen LogP contribution in [0.3, 0.4) is 0 Å². The lowest BCUT2D eigenvalue weighted by molar-refractivity contribution is -0.138. The van der Waals surface area contributed by atoms with Crippen LogP contribution in [0.1, 0.15) is 56.8 Å². The Labute approximate surface area is 224 Å². The summed E-state index contributed by atoms with van der Waals surface area (Å²) in [4.78, 5) is 19.7. The van der Waals surface area contributed by atoms with Gasteiger partial charge in [-0.15, -0.1) is 5.53 Å². The average Bonchev–Trinajstić information content (AvgIpc) is 3.63. The van der Waals surface area contributed by atoms with Crippen molar-refractivity contribution < 1.29 is 18.0 Å². The van der Waals surface area contributed by atoms with Crippen molar-refractivity contribution in [2.24, 2.45) is 7.05 Å². The summed E-state index contributed by atoms with van der Waals surface area (Å²) < 4.78 is 43.4. The standard InChI is InChI=1S/C27H31F3N8O/c1-16-20(14-37-7-5-6-8-37)9-21(11-23(16)27(28,29)30)33-26(39)19-10-25(17(2)31-12-19)38-15-24(34-35-38)22-13-32-36(4)18(22)3/h9-13,15,34-35H,5-8,14H2,1-4H3,(H,33,39). The number of aryl methyl sites for hydroxylation is 2. The molecule has 0 unspecified atom stereocenters. The smallest absolute Gasteiger partial charge is 0.322 e. The van der Waals surface area contributed by atoms with Gasteiger partial charge in [0, 0.05) is 42.9 Å². The van der Waals surface area contributed by atoms with E-state index in [-0.39, 0.29) is 16.8 Å². The zero-order valence-electron chi connectivity index (χ0n) is 22.3. The third-order valence-electron chi connectivity index (χ3n) is 7.35. The SMILES string of the molecule is Cc1ncc(C(=O)Nc2cc(CN3CCCC3)c(C)c(C(F)(F)F)c2)cc1N1C=C(c2cnn(C)c2C)NN1. The van der Waals surface area contributed by atoms with Gasteiger partial charge in [-0.2, -0.15) is 18.3 Å². The van der Waals surface area contributed by atoms with Crippen molar-refractivity contribution in [1.82, 2.24) is 30.6 Å². The molecule has 5 rings (SSSR count). The van der Waals surface area contributed by atoms with E-state index < -0.39 is 17.6 Å². The number of aromatic nitrogens is 3. The number of rotatable bonds is 6.